The van der Waals surface area contributed by atoms with E-state index in [0.717, 1.165) is 12.5 Å². The minimum atomic E-state index is -0.975. The highest BCUT2D eigenvalue weighted by Gasteiger charge is 1.94. The van der Waals surface area contributed by atoms with Gasteiger partial charge in [-0.15, -0.1) is 0 Å². The van der Waals surface area contributed by atoms with E-state index in [9.17, 15) is 4.79 Å². The van der Waals surface area contributed by atoms with Gasteiger partial charge in [-0.3, -0.25) is 0 Å². The van der Waals surface area contributed by atoms with Crippen molar-refractivity contribution in [2.45, 2.75) is 13.3 Å². The van der Waals surface area contributed by atoms with Gasteiger partial charge < -0.3 is 5.11 Å². The van der Waals surface area contributed by atoms with Crippen molar-refractivity contribution in [1.29, 1.82) is 0 Å². The number of rotatable bonds is 3. The van der Waals surface area contributed by atoms with Gasteiger partial charge in [0.25, 0.3) is 0 Å². The Bertz CT molecular complexity index is 334. The third-order valence-corrected chi connectivity index (χ3v) is 1.44. The lowest BCUT2D eigenvalue weighted by atomic mass is 10.3. The normalized spacial score (nSPS) is 10.5. The molecule has 0 bridgehead atoms. The molecule has 0 spiro atoms. The van der Waals surface area contributed by atoms with E-state index in [2.05, 4.69) is 9.97 Å². The molecule has 0 radical (unpaired) electrons. The zero-order valence-electron chi connectivity index (χ0n) is 7.27. The van der Waals surface area contributed by atoms with Gasteiger partial charge in [-0.2, -0.15) is 0 Å². The van der Waals surface area contributed by atoms with Crippen LogP contribution in [0.1, 0.15) is 18.4 Å². The first-order valence-electron chi connectivity index (χ1n) is 3.95. The van der Waals surface area contributed by atoms with Gasteiger partial charge in [-0.1, -0.05) is 6.92 Å². The maximum Gasteiger partial charge on any atom is 0.328 e. The number of nitrogens with zero attached hydrogens (tertiary/aromatic N) is 2. The lowest BCUT2D eigenvalue weighted by Crippen LogP contribution is -1.94. The molecule has 1 aromatic rings. The highest BCUT2D eigenvalue weighted by Crippen LogP contribution is 1.98. The van der Waals surface area contributed by atoms with Crippen molar-refractivity contribution >= 4 is 12.0 Å². The molecule has 4 heteroatoms. The van der Waals surface area contributed by atoms with E-state index < -0.39 is 5.97 Å². The Morgan fingerprint density at radius 1 is 1.69 bits per heavy atom. The SMILES string of the molecule is CCc1nccc(/C=C/C(=O)O)n1. The van der Waals surface area contributed by atoms with Gasteiger partial charge in [0.1, 0.15) is 5.82 Å². The number of aryl methyl sites for hydroxylation is 1. The summed E-state index contributed by atoms with van der Waals surface area (Å²) in [6, 6.07) is 1.67. The van der Waals surface area contributed by atoms with Crippen LogP contribution in [-0.2, 0) is 11.2 Å². The van der Waals surface area contributed by atoms with Crippen LogP contribution in [0.2, 0.25) is 0 Å². The quantitative estimate of drug-likeness (QED) is 0.705. The van der Waals surface area contributed by atoms with E-state index in [1.807, 2.05) is 6.92 Å². The molecule has 0 unspecified atom stereocenters. The molecule has 0 atom stereocenters. The molecule has 0 fully saturated rings. The Labute approximate surface area is 76.0 Å². The largest absolute Gasteiger partial charge is 0.478 e. The third-order valence-electron chi connectivity index (χ3n) is 1.44. The third kappa shape index (κ3) is 3.02. The topological polar surface area (TPSA) is 63.1 Å². The Balaban J connectivity index is 2.83. The van der Waals surface area contributed by atoms with Gasteiger partial charge in [0.05, 0.1) is 5.69 Å². The highest BCUT2D eigenvalue weighted by molar-refractivity contribution is 5.84. The molecule has 0 aliphatic rings. The first-order chi connectivity index (χ1) is 6.22. The molecule has 0 aliphatic carbocycles. The van der Waals surface area contributed by atoms with Crippen molar-refractivity contribution in [2.75, 3.05) is 0 Å². The fourth-order valence-electron chi connectivity index (χ4n) is 0.835. The zero-order chi connectivity index (χ0) is 9.68. The lowest BCUT2D eigenvalue weighted by molar-refractivity contribution is -0.131. The molecular weight excluding hydrogens is 168 g/mol. The lowest BCUT2D eigenvalue weighted by Gasteiger charge is -1.95. The number of carboxylic acid groups (broad SMARTS) is 1. The van der Waals surface area contributed by atoms with E-state index in [4.69, 9.17) is 5.11 Å². The maximum atomic E-state index is 10.2. The van der Waals surface area contributed by atoms with Crippen LogP contribution in [0.15, 0.2) is 18.3 Å². The molecule has 0 saturated carbocycles. The predicted molar refractivity (Wildman–Crippen MR) is 48.1 cm³/mol. The summed E-state index contributed by atoms with van der Waals surface area (Å²) in [6.07, 6.45) is 4.87. The van der Waals surface area contributed by atoms with E-state index in [1.54, 1.807) is 12.3 Å². The molecule has 1 rings (SSSR count). The molecule has 0 aromatic carbocycles. The van der Waals surface area contributed by atoms with Gasteiger partial charge in [0.2, 0.25) is 0 Å². The Morgan fingerprint density at radius 2 is 2.46 bits per heavy atom. The Kier molecular flexibility index (Phi) is 3.14. The molecule has 0 amide bonds. The molecule has 1 N–H and O–H groups in total. The monoisotopic (exact) mass is 178 g/mol. The first kappa shape index (κ1) is 9.38. The molecule has 1 aromatic heterocycles. The summed E-state index contributed by atoms with van der Waals surface area (Å²) in [6.45, 7) is 1.94. The smallest absolute Gasteiger partial charge is 0.328 e. The molecule has 4 nitrogen and oxygen atoms in total. The summed E-state index contributed by atoms with van der Waals surface area (Å²) in [5.41, 5.74) is 0.620. The Hall–Kier alpha value is -1.71. The molecular formula is C9H10N2O2. The second-order valence-corrected chi connectivity index (χ2v) is 2.42. The average Bonchev–Trinajstić information content (AvgIpc) is 2.15. The van der Waals surface area contributed by atoms with Crippen molar-refractivity contribution in [3.63, 3.8) is 0 Å². The number of aromatic nitrogens is 2. The van der Waals surface area contributed by atoms with Crippen LogP contribution >= 0.6 is 0 Å². The zero-order valence-corrected chi connectivity index (χ0v) is 7.27. The van der Waals surface area contributed by atoms with Crippen molar-refractivity contribution < 1.29 is 9.90 Å². The summed E-state index contributed by atoms with van der Waals surface area (Å²) >= 11 is 0. The summed E-state index contributed by atoms with van der Waals surface area (Å²) in [5, 5.41) is 8.37. The van der Waals surface area contributed by atoms with Crippen molar-refractivity contribution in [3.8, 4) is 0 Å². The molecule has 1 heterocycles. The van der Waals surface area contributed by atoms with Crippen LogP contribution in [0, 0.1) is 0 Å². The second-order valence-electron chi connectivity index (χ2n) is 2.42. The standard InChI is InChI=1S/C9H10N2O2/c1-2-8-10-6-5-7(11-8)3-4-9(12)13/h3-6H,2H2,1H3,(H,12,13)/b4-3+. The fraction of sp³-hybridized carbons (Fsp3) is 0.222. The van der Waals surface area contributed by atoms with E-state index in [0.29, 0.717) is 11.5 Å². The molecule has 13 heavy (non-hydrogen) atoms. The minimum absolute atomic E-state index is 0.620. The number of aliphatic carboxylic acids is 1. The number of hydrogen-bond acceptors (Lipinski definition) is 3. The number of carbonyl (C=O) groups is 1. The minimum Gasteiger partial charge on any atom is -0.478 e. The van der Waals surface area contributed by atoms with Gasteiger partial charge in [0.15, 0.2) is 0 Å². The molecule has 0 aliphatic heterocycles. The van der Waals surface area contributed by atoms with Crippen LogP contribution in [0.3, 0.4) is 0 Å². The van der Waals surface area contributed by atoms with Crippen LogP contribution in [0.4, 0.5) is 0 Å². The fourth-order valence-corrected chi connectivity index (χ4v) is 0.835. The van der Waals surface area contributed by atoms with Gasteiger partial charge in [0, 0.05) is 18.7 Å². The maximum absolute atomic E-state index is 10.2. The highest BCUT2D eigenvalue weighted by atomic mass is 16.4. The van der Waals surface area contributed by atoms with E-state index in [1.165, 1.54) is 6.08 Å². The average molecular weight is 178 g/mol. The van der Waals surface area contributed by atoms with Gasteiger partial charge in [-0.25, -0.2) is 14.8 Å². The van der Waals surface area contributed by atoms with Crippen molar-refractivity contribution in [3.05, 3.63) is 29.9 Å². The van der Waals surface area contributed by atoms with Crippen molar-refractivity contribution in [1.82, 2.24) is 9.97 Å². The van der Waals surface area contributed by atoms with Gasteiger partial charge in [-0.05, 0) is 12.1 Å². The van der Waals surface area contributed by atoms with E-state index >= 15 is 0 Å². The Morgan fingerprint density at radius 3 is 3.08 bits per heavy atom. The van der Waals surface area contributed by atoms with Crippen LogP contribution < -0.4 is 0 Å². The second kappa shape index (κ2) is 4.35. The summed E-state index contributed by atoms with van der Waals surface area (Å²) in [4.78, 5) is 18.3. The van der Waals surface area contributed by atoms with E-state index in [-0.39, 0.29) is 0 Å². The molecule has 0 saturated heterocycles. The summed E-state index contributed by atoms with van der Waals surface area (Å²) in [5.74, 6) is -0.260. The summed E-state index contributed by atoms with van der Waals surface area (Å²) in [7, 11) is 0. The van der Waals surface area contributed by atoms with Crippen LogP contribution in [0.25, 0.3) is 6.08 Å². The van der Waals surface area contributed by atoms with Gasteiger partial charge >= 0.3 is 5.97 Å². The van der Waals surface area contributed by atoms with Crippen LogP contribution in [0.5, 0.6) is 0 Å². The van der Waals surface area contributed by atoms with Crippen LogP contribution in [-0.4, -0.2) is 21.0 Å². The molecule has 68 valence electrons. The van der Waals surface area contributed by atoms with Crippen molar-refractivity contribution in [2.24, 2.45) is 0 Å². The number of hydrogen-bond donors (Lipinski definition) is 1. The number of carboxylic acids is 1. The first-order valence-corrected chi connectivity index (χ1v) is 3.95. The predicted octanol–water partition coefficient (Wildman–Crippen LogP) is 1.14. The summed E-state index contributed by atoms with van der Waals surface area (Å²) < 4.78 is 0.